The zero-order valence-electron chi connectivity index (χ0n) is 11.0. The number of nitrogens with zero attached hydrogens (tertiary/aromatic N) is 4. The zero-order valence-corrected chi connectivity index (χ0v) is 13.4. The van der Waals surface area contributed by atoms with Crippen molar-refractivity contribution in [1.29, 1.82) is 0 Å². The van der Waals surface area contributed by atoms with E-state index in [1.54, 1.807) is 19.1 Å². The predicted molar refractivity (Wildman–Crippen MR) is 79.8 cm³/mol. The summed E-state index contributed by atoms with van der Waals surface area (Å²) in [6.45, 7) is 1.75. The Hall–Kier alpha value is -1.48. The van der Waals surface area contributed by atoms with Gasteiger partial charge in [0.05, 0.1) is 11.8 Å². The van der Waals surface area contributed by atoms with E-state index in [-0.39, 0.29) is 11.8 Å². The number of nitrogen functional groups attached to an aromatic ring is 1. The number of halogens is 1. The van der Waals surface area contributed by atoms with Crippen LogP contribution in [0.5, 0.6) is 0 Å². The van der Waals surface area contributed by atoms with Gasteiger partial charge in [0.2, 0.25) is 0 Å². The van der Waals surface area contributed by atoms with Crippen molar-refractivity contribution in [2.24, 2.45) is 0 Å². The molecule has 1 heterocycles. The predicted octanol–water partition coefficient (Wildman–Crippen LogP) is 1.29. The molecule has 0 spiro atoms. The number of rotatable bonds is 4. The molecule has 0 saturated heterocycles. The van der Waals surface area contributed by atoms with Crippen LogP contribution in [0.1, 0.15) is 13.0 Å². The lowest BCUT2D eigenvalue weighted by atomic mass is 10.2. The highest BCUT2D eigenvalue weighted by molar-refractivity contribution is 9.10. The molecular formula is C11H14BrN5O2S. The van der Waals surface area contributed by atoms with Gasteiger partial charge in [-0.2, -0.15) is 0 Å². The fraction of sp³-hybridized carbons (Fsp3) is 0.364. The average Bonchev–Trinajstić information content (AvgIpc) is 2.73. The van der Waals surface area contributed by atoms with E-state index in [0.717, 1.165) is 10.0 Å². The first-order chi connectivity index (χ1) is 9.26. The Morgan fingerprint density at radius 2 is 2.10 bits per heavy atom. The smallest absolute Gasteiger partial charge is 0.182 e. The zero-order chi connectivity index (χ0) is 14.9. The van der Waals surface area contributed by atoms with Crippen molar-refractivity contribution in [3.8, 4) is 11.4 Å². The van der Waals surface area contributed by atoms with Crippen molar-refractivity contribution in [1.82, 2.24) is 20.2 Å². The molecule has 0 aliphatic heterocycles. The third kappa shape index (κ3) is 3.54. The van der Waals surface area contributed by atoms with E-state index in [1.165, 1.54) is 10.9 Å². The first kappa shape index (κ1) is 14.9. The number of nitrogens with two attached hydrogens (primary N) is 1. The molecule has 0 bridgehead atoms. The Balaban J connectivity index is 2.42. The van der Waals surface area contributed by atoms with Gasteiger partial charge in [0, 0.05) is 22.0 Å². The number of tetrazole rings is 1. The summed E-state index contributed by atoms with van der Waals surface area (Å²) in [6, 6.07) is 4.96. The van der Waals surface area contributed by atoms with Crippen molar-refractivity contribution in [3.05, 3.63) is 22.7 Å². The molecule has 1 unspecified atom stereocenters. The number of aromatic nitrogens is 4. The number of hydrogen-bond acceptors (Lipinski definition) is 6. The minimum Gasteiger partial charge on any atom is -0.399 e. The van der Waals surface area contributed by atoms with Gasteiger partial charge < -0.3 is 5.73 Å². The highest BCUT2D eigenvalue weighted by Crippen LogP contribution is 2.26. The Morgan fingerprint density at radius 1 is 1.40 bits per heavy atom. The fourth-order valence-electron chi connectivity index (χ4n) is 1.93. The van der Waals surface area contributed by atoms with Gasteiger partial charge in [-0.3, -0.25) is 0 Å². The number of benzene rings is 1. The van der Waals surface area contributed by atoms with E-state index < -0.39 is 9.84 Å². The minimum absolute atomic E-state index is 0.0332. The van der Waals surface area contributed by atoms with E-state index >= 15 is 0 Å². The summed E-state index contributed by atoms with van der Waals surface area (Å²) in [5, 5.41) is 11.4. The molecule has 0 radical (unpaired) electrons. The van der Waals surface area contributed by atoms with Crippen molar-refractivity contribution in [2.45, 2.75) is 13.0 Å². The van der Waals surface area contributed by atoms with Crippen molar-refractivity contribution < 1.29 is 8.42 Å². The summed E-state index contributed by atoms with van der Waals surface area (Å²) < 4.78 is 25.1. The van der Waals surface area contributed by atoms with Crippen LogP contribution in [-0.2, 0) is 9.84 Å². The number of anilines is 1. The maximum atomic E-state index is 11.4. The molecule has 2 N–H and O–H groups in total. The highest BCUT2D eigenvalue weighted by atomic mass is 79.9. The van der Waals surface area contributed by atoms with E-state index in [0.29, 0.717) is 11.5 Å². The van der Waals surface area contributed by atoms with Crippen molar-refractivity contribution in [3.63, 3.8) is 0 Å². The molecule has 0 saturated carbocycles. The minimum atomic E-state index is -3.12. The summed E-state index contributed by atoms with van der Waals surface area (Å²) >= 11 is 3.36. The molecule has 2 rings (SSSR count). The molecule has 1 atom stereocenters. The Bertz CT molecular complexity index is 708. The second kappa shape index (κ2) is 5.49. The number of sulfone groups is 1. The molecule has 20 heavy (non-hydrogen) atoms. The van der Waals surface area contributed by atoms with Crippen LogP contribution < -0.4 is 5.73 Å². The van der Waals surface area contributed by atoms with Crippen molar-refractivity contribution in [2.75, 3.05) is 17.7 Å². The monoisotopic (exact) mass is 359 g/mol. The summed E-state index contributed by atoms with van der Waals surface area (Å²) in [7, 11) is -3.12. The largest absolute Gasteiger partial charge is 0.399 e. The van der Waals surface area contributed by atoms with Gasteiger partial charge >= 0.3 is 0 Å². The Labute approximate surface area is 125 Å². The van der Waals surface area contributed by atoms with Crippen LogP contribution in [0.2, 0.25) is 0 Å². The molecular weight excluding hydrogens is 346 g/mol. The van der Waals surface area contributed by atoms with E-state index in [4.69, 9.17) is 5.73 Å². The van der Waals surface area contributed by atoms with E-state index in [1.807, 2.05) is 6.07 Å². The van der Waals surface area contributed by atoms with Gasteiger partial charge in [-0.15, -0.1) is 5.10 Å². The Kier molecular flexibility index (Phi) is 4.09. The number of hydrogen-bond donors (Lipinski definition) is 1. The maximum absolute atomic E-state index is 11.4. The van der Waals surface area contributed by atoms with Crippen LogP contribution in [0.15, 0.2) is 22.7 Å². The Morgan fingerprint density at radius 3 is 2.70 bits per heavy atom. The summed E-state index contributed by atoms with van der Waals surface area (Å²) in [4.78, 5) is 0. The maximum Gasteiger partial charge on any atom is 0.182 e. The molecule has 7 nitrogen and oxygen atoms in total. The van der Waals surface area contributed by atoms with Crippen LogP contribution in [0.3, 0.4) is 0 Å². The lowest BCUT2D eigenvalue weighted by Crippen LogP contribution is -2.18. The van der Waals surface area contributed by atoms with Gasteiger partial charge in [-0.05, 0) is 35.5 Å². The van der Waals surface area contributed by atoms with Crippen LogP contribution >= 0.6 is 15.9 Å². The fourth-order valence-corrected chi connectivity index (χ4v) is 3.46. The van der Waals surface area contributed by atoms with Gasteiger partial charge in [0.25, 0.3) is 0 Å². The van der Waals surface area contributed by atoms with E-state index in [9.17, 15) is 8.42 Å². The third-order valence-corrected chi connectivity index (χ3v) is 4.18. The molecule has 108 valence electrons. The normalized spacial score (nSPS) is 13.3. The molecule has 9 heteroatoms. The summed E-state index contributed by atoms with van der Waals surface area (Å²) in [6.07, 6.45) is 1.19. The standard InChI is InChI=1S/C11H14BrN5O2S/c1-7(6-20(2,18)19)17-11(14-15-16-17)8-3-9(12)5-10(13)4-8/h3-5,7H,6,13H2,1-2H3. The summed E-state index contributed by atoms with van der Waals surface area (Å²) in [5.74, 6) is 0.447. The van der Waals surface area contributed by atoms with Crippen LogP contribution in [-0.4, -0.2) is 40.6 Å². The molecule has 0 fully saturated rings. The topological polar surface area (TPSA) is 104 Å². The summed E-state index contributed by atoms with van der Waals surface area (Å²) in [5.41, 5.74) is 7.08. The van der Waals surface area contributed by atoms with Crippen molar-refractivity contribution >= 4 is 31.5 Å². The molecule has 0 aliphatic rings. The van der Waals surface area contributed by atoms with Gasteiger partial charge in [0.1, 0.15) is 9.84 Å². The molecule has 2 aromatic rings. The second-order valence-corrected chi connectivity index (χ2v) is 7.76. The van der Waals surface area contributed by atoms with E-state index in [2.05, 4.69) is 31.5 Å². The van der Waals surface area contributed by atoms with Gasteiger partial charge in [-0.1, -0.05) is 15.9 Å². The van der Waals surface area contributed by atoms with Gasteiger partial charge in [0.15, 0.2) is 5.82 Å². The SMILES string of the molecule is CC(CS(C)(=O)=O)n1nnnc1-c1cc(N)cc(Br)c1. The molecule has 0 aliphatic carbocycles. The van der Waals surface area contributed by atoms with Crippen LogP contribution in [0.4, 0.5) is 5.69 Å². The third-order valence-electron chi connectivity index (χ3n) is 2.63. The molecule has 1 aromatic heterocycles. The average molecular weight is 360 g/mol. The quantitative estimate of drug-likeness (QED) is 0.824. The molecule has 1 aromatic carbocycles. The lowest BCUT2D eigenvalue weighted by Gasteiger charge is -2.12. The van der Waals surface area contributed by atoms with Crippen LogP contribution in [0, 0.1) is 0 Å². The second-order valence-electron chi connectivity index (χ2n) is 4.66. The lowest BCUT2D eigenvalue weighted by molar-refractivity contribution is 0.509. The highest BCUT2D eigenvalue weighted by Gasteiger charge is 2.19. The first-order valence-corrected chi connectivity index (χ1v) is 8.63. The van der Waals surface area contributed by atoms with Gasteiger partial charge in [-0.25, -0.2) is 13.1 Å². The first-order valence-electron chi connectivity index (χ1n) is 5.78. The molecule has 0 amide bonds. The van der Waals surface area contributed by atoms with Crippen LogP contribution in [0.25, 0.3) is 11.4 Å².